The fourth-order valence-electron chi connectivity index (χ4n) is 7.08. The summed E-state index contributed by atoms with van der Waals surface area (Å²) in [6, 6.07) is 16.0. The van der Waals surface area contributed by atoms with Gasteiger partial charge in [0, 0.05) is 30.8 Å². The van der Waals surface area contributed by atoms with Crippen LogP contribution in [-0.4, -0.2) is 128 Å². The van der Waals surface area contributed by atoms with Crippen LogP contribution in [0.15, 0.2) is 48.5 Å². The molecule has 3 saturated heterocycles. The summed E-state index contributed by atoms with van der Waals surface area (Å²) in [4.78, 5) is 27.0. The number of carbonyl (C=O) groups excluding carboxylic acids is 2. The molecule has 0 aromatic heterocycles. The molecule has 0 N–H and O–H groups in total. The van der Waals surface area contributed by atoms with Crippen molar-refractivity contribution in [3.8, 4) is 11.5 Å². The average molecular weight is 1120 g/mol. The zero-order chi connectivity index (χ0) is 54.6. The van der Waals surface area contributed by atoms with E-state index in [2.05, 4.69) is 50.3 Å². The molecule has 0 unspecified atom stereocenters. The molecule has 72 heavy (non-hydrogen) atoms. The van der Waals surface area contributed by atoms with Crippen molar-refractivity contribution in [1.82, 2.24) is 9.80 Å². The van der Waals surface area contributed by atoms with Crippen molar-refractivity contribution in [2.24, 2.45) is 0 Å². The van der Waals surface area contributed by atoms with E-state index < -0.39 is 25.2 Å². The van der Waals surface area contributed by atoms with Gasteiger partial charge in [-0.15, -0.1) is 0 Å². The zero-order valence-corrected chi connectivity index (χ0v) is 50.2. The van der Waals surface area contributed by atoms with Gasteiger partial charge < -0.3 is 56.7 Å². The Bertz CT molecular complexity index is 1890. The predicted octanol–water partition coefficient (Wildman–Crippen LogP) is 12.1. The van der Waals surface area contributed by atoms with Gasteiger partial charge in [0.05, 0.1) is 46.8 Å². The second kappa shape index (κ2) is 26.4. The van der Waals surface area contributed by atoms with Crippen molar-refractivity contribution in [3.63, 3.8) is 0 Å². The highest BCUT2D eigenvalue weighted by atomic mass is 127. The van der Waals surface area contributed by atoms with E-state index in [4.69, 9.17) is 46.9 Å². The van der Waals surface area contributed by atoms with Gasteiger partial charge in [0.2, 0.25) is 0 Å². The lowest BCUT2D eigenvalue weighted by molar-refractivity contribution is 0.00578. The molecule has 3 heterocycles. The van der Waals surface area contributed by atoms with Crippen LogP contribution in [0.3, 0.4) is 0 Å². The third kappa shape index (κ3) is 20.4. The van der Waals surface area contributed by atoms with Crippen LogP contribution in [0, 0.1) is 3.57 Å². The number of rotatable bonds is 18. The van der Waals surface area contributed by atoms with Gasteiger partial charge in [-0.1, -0.05) is 37.8 Å². The van der Waals surface area contributed by atoms with Gasteiger partial charge in [-0.05, 0) is 215 Å². The molecule has 2 aromatic carbocycles. The minimum atomic E-state index is -0.476. The second-order valence-corrected chi connectivity index (χ2v) is 25.4. The third-order valence-corrected chi connectivity index (χ3v) is 14.4. The summed E-state index contributed by atoms with van der Waals surface area (Å²) in [5.41, 5.74) is -2.00. The summed E-state index contributed by atoms with van der Waals surface area (Å²) < 4.78 is 59.5. The van der Waals surface area contributed by atoms with Gasteiger partial charge >= 0.3 is 33.3 Å². The van der Waals surface area contributed by atoms with E-state index in [0.717, 1.165) is 81.5 Å². The Morgan fingerprint density at radius 1 is 0.472 bits per heavy atom. The summed E-state index contributed by atoms with van der Waals surface area (Å²) in [5, 5.41) is 0. The molecule has 0 radical (unpaired) electrons. The summed E-state index contributed by atoms with van der Waals surface area (Å²) in [6.45, 7) is 38.6. The molecule has 406 valence electrons. The van der Waals surface area contributed by atoms with Gasteiger partial charge in [0.25, 0.3) is 0 Å². The average Bonchev–Trinajstić information content (AvgIpc) is 3.72. The number of benzene rings is 2. The summed E-state index contributed by atoms with van der Waals surface area (Å²) >= 11 is 2.28. The fourth-order valence-corrected chi connectivity index (χ4v) is 7.44. The van der Waals surface area contributed by atoms with Crippen molar-refractivity contribution in [1.29, 1.82) is 0 Å². The van der Waals surface area contributed by atoms with E-state index in [1.165, 1.54) is 3.57 Å². The van der Waals surface area contributed by atoms with Crippen LogP contribution in [0.4, 0.5) is 9.59 Å². The Kier molecular flexibility index (Phi) is 23.3. The molecule has 0 spiro atoms. The Morgan fingerprint density at radius 3 is 1.08 bits per heavy atom. The zero-order valence-electron chi connectivity index (χ0n) is 48.0. The molecule has 5 rings (SSSR count). The molecule has 0 saturated carbocycles. The van der Waals surface area contributed by atoms with E-state index >= 15 is 0 Å². The minimum Gasteiger partial charge on any atom is -0.494 e. The van der Waals surface area contributed by atoms with Crippen LogP contribution in [0.2, 0.25) is 0 Å². The maximum absolute atomic E-state index is 11.9. The normalized spacial score (nSPS) is 19.1. The van der Waals surface area contributed by atoms with Crippen LogP contribution in [0.25, 0.3) is 0 Å². The van der Waals surface area contributed by atoms with E-state index in [0.29, 0.717) is 13.2 Å². The van der Waals surface area contributed by atoms with Crippen molar-refractivity contribution >= 4 is 61.4 Å². The number of nitrogens with zero attached hydrogens (tertiary/aromatic N) is 2. The van der Waals surface area contributed by atoms with E-state index in [1.807, 2.05) is 145 Å². The highest BCUT2D eigenvalue weighted by molar-refractivity contribution is 14.1. The number of ether oxygens (including phenoxy) is 4. The fraction of sp³-hybridized carbons (Fsp3) is 0.741. The molecule has 3 aliphatic rings. The van der Waals surface area contributed by atoms with Crippen molar-refractivity contribution in [2.75, 3.05) is 40.4 Å². The lowest BCUT2D eigenvalue weighted by atomic mass is 9.49. The third-order valence-electron chi connectivity index (χ3n) is 13.7. The number of unbranched alkanes of at least 4 members (excludes halogenated alkanes) is 6. The standard InChI is InChI=1S/C24H40BNO5.C18H28INO3.C12H24B2O4/c1-22(2,3)29-21(27)26(8)17-11-9-10-12-18-28-20-15-13-19(14-16-20)25-30-23(4,5)24(6,7)31-25;1-18(2,3)23-17(21)20(4)13-7-5-6-8-14-22-16-11-9-15(19)10-12-16;1-9(2)10(3,4)16-13(15-9)14-17-11(5,6)12(7,8)18-14/h13-16H,9-12,17-18H2,1-8H3;9-12H,5-8,13-14H2,1-4H3;1-8H3. The quantitative estimate of drug-likeness (QED) is 0.0799. The minimum absolute atomic E-state index is 0.250. The van der Waals surface area contributed by atoms with Crippen molar-refractivity contribution in [2.45, 2.75) is 221 Å². The van der Waals surface area contributed by atoms with Crippen LogP contribution in [0.1, 0.15) is 176 Å². The summed E-state index contributed by atoms with van der Waals surface area (Å²) in [7, 11) is 2.27. The molecule has 14 nitrogen and oxygen atoms in total. The maximum atomic E-state index is 11.9. The maximum Gasteiger partial charge on any atom is 0.494 e. The van der Waals surface area contributed by atoms with Gasteiger partial charge in [-0.3, -0.25) is 0 Å². The van der Waals surface area contributed by atoms with E-state index in [9.17, 15) is 9.59 Å². The molecule has 3 fully saturated rings. The lowest BCUT2D eigenvalue weighted by Gasteiger charge is -2.32. The number of hydrogen-bond donors (Lipinski definition) is 0. The molecule has 0 bridgehead atoms. The van der Waals surface area contributed by atoms with Gasteiger partial charge in [0.15, 0.2) is 0 Å². The lowest BCUT2D eigenvalue weighted by Crippen LogP contribution is -2.41. The Morgan fingerprint density at radius 2 is 0.764 bits per heavy atom. The molecular formula is C54H92B3IN2O12. The number of carbonyl (C=O) groups is 2. The van der Waals surface area contributed by atoms with E-state index in [1.54, 1.807) is 23.9 Å². The molecule has 3 aliphatic heterocycles. The highest BCUT2D eigenvalue weighted by Gasteiger charge is 2.63. The van der Waals surface area contributed by atoms with Gasteiger partial charge in [-0.25, -0.2) is 9.59 Å². The topological polar surface area (TPSA) is 133 Å². The van der Waals surface area contributed by atoms with Gasteiger partial charge in [0.1, 0.15) is 22.7 Å². The number of hydrogen-bond acceptors (Lipinski definition) is 12. The first-order valence-corrected chi connectivity index (χ1v) is 27.1. The number of halogens is 1. The van der Waals surface area contributed by atoms with Crippen LogP contribution >= 0.6 is 22.6 Å². The van der Waals surface area contributed by atoms with Crippen LogP contribution in [0.5, 0.6) is 11.5 Å². The summed E-state index contributed by atoms with van der Waals surface area (Å²) in [5.74, 6) is 1.78. The molecule has 2 aromatic rings. The first-order valence-electron chi connectivity index (χ1n) is 26.0. The monoisotopic (exact) mass is 1120 g/mol. The van der Waals surface area contributed by atoms with Crippen molar-refractivity contribution in [3.05, 3.63) is 52.1 Å². The summed E-state index contributed by atoms with van der Waals surface area (Å²) in [6.07, 6.45) is 7.75. The largest absolute Gasteiger partial charge is 0.494 e. The first kappa shape index (κ1) is 63.6. The Labute approximate surface area is 450 Å². The molecular weight excluding hydrogens is 1030 g/mol. The molecule has 0 aliphatic carbocycles. The second-order valence-electron chi connectivity index (χ2n) is 24.2. The first-order chi connectivity index (χ1) is 33.0. The molecule has 0 atom stereocenters. The number of amides is 2. The van der Waals surface area contributed by atoms with Crippen molar-refractivity contribution < 1.29 is 56.5 Å². The van der Waals surface area contributed by atoms with Crippen LogP contribution in [-0.2, 0) is 37.4 Å². The Balaban J connectivity index is 0.000000296. The molecule has 18 heteroatoms. The highest BCUT2D eigenvalue weighted by Crippen LogP contribution is 2.43. The van der Waals surface area contributed by atoms with E-state index in [-0.39, 0.29) is 52.9 Å². The SMILES string of the molecule is CC1(C)OB(B2OC(C)(C)C(C)(C)O2)OC1(C)C.CN(CCCCCCOc1ccc(B2OC(C)(C)C(C)(C)O2)cc1)C(=O)OC(C)(C)C.CN(CCCCCCOc1ccc(I)cc1)C(=O)OC(C)(C)C. The van der Waals surface area contributed by atoms with Crippen LogP contribution < -0.4 is 14.9 Å². The smallest absolute Gasteiger partial charge is 0.494 e. The van der Waals surface area contributed by atoms with Gasteiger partial charge in [-0.2, -0.15) is 0 Å². The molecule has 2 amide bonds. The predicted molar refractivity (Wildman–Crippen MR) is 299 cm³/mol. The Hall–Kier alpha value is -2.74.